The van der Waals surface area contributed by atoms with E-state index in [1.807, 2.05) is 18.6 Å². The zero-order valence-corrected chi connectivity index (χ0v) is 8.82. The van der Waals surface area contributed by atoms with E-state index in [0.29, 0.717) is 6.04 Å². The Morgan fingerprint density at radius 1 is 1.21 bits per heavy atom. The molecule has 0 saturated carbocycles. The molecule has 1 aromatic carbocycles. The van der Waals surface area contributed by atoms with Crippen LogP contribution in [0.4, 0.5) is 0 Å². The van der Waals surface area contributed by atoms with E-state index < -0.39 is 0 Å². The maximum absolute atomic E-state index is 4.03. The van der Waals surface area contributed by atoms with E-state index in [1.54, 1.807) is 6.20 Å². The van der Waals surface area contributed by atoms with Crippen molar-refractivity contribution < 1.29 is 0 Å². The molecule has 0 aliphatic heterocycles. The fraction of sp³-hybridized carbons (Fsp3) is 0.182. The molecule has 14 heavy (non-hydrogen) atoms. The van der Waals surface area contributed by atoms with Crippen LogP contribution in [0.3, 0.4) is 0 Å². The molecular weight excluding hydrogens is 196 g/mol. The summed E-state index contributed by atoms with van der Waals surface area (Å²) in [6.07, 6.45) is 5.63. The standard InChI is InChI=1S/C11H12N2.ClH/c1-10(13-8-7-12-9-13)11-5-3-2-4-6-11;/h2-10H,1H3;1H. The molecule has 74 valence electrons. The van der Waals surface area contributed by atoms with Crippen molar-refractivity contribution in [2.45, 2.75) is 13.0 Å². The first-order valence-electron chi connectivity index (χ1n) is 4.40. The number of nitrogens with zero attached hydrogens (tertiary/aromatic N) is 2. The summed E-state index contributed by atoms with van der Waals surface area (Å²) in [7, 11) is 0. The van der Waals surface area contributed by atoms with Gasteiger partial charge in [0.2, 0.25) is 0 Å². The molecule has 0 amide bonds. The quantitative estimate of drug-likeness (QED) is 0.742. The molecular formula is C11H13ClN2. The lowest BCUT2D eigenvalue weighted by Crippen LogP contribution is -2.03. The van der Waals surface area contributed by atoms with Gasteiger partial charge < -0.3 is 4.57 Å². The first kappa shape index (κ1) is 10.8. The summed E-state index contributed by atoms with van der Waals surface area (Å²) >= 11 is 0. The third-order valence-corrected chi connectivity index (χ3v) is 2.25. The van der Waals surface area contributed by atoms with Crippen LogP contribution in [-0.4, -0.2) is 9.55 Å². The summed E-state index contributed by atoms with van der Waals surface area (Å²) < 4.78 is 2.09. The SMILES string of the molecule is CC(c1ccccc1)n1ccnc1.Cl. The van der Waals surface area contributed by atoms with Gasteiger partial charge in [0.25, 0.3) is 0 Å². The number of halogens is 1. The number of hydrogen-bond acceptors (Lipinski definition) is 1. The van der Waals surface area contributed by atoms with Gasteiger partial charge in [-0.25, -0.2) is 4.98 Å². The van der Waals surface area contributed by atoms with Crippen molar-refractivity contribution >= 4 is 12.4 Å². The average Bonchev–Trinajstić information content (AvgIpc) is 2.71. The number of aromatic nitrogens is 2. The van der Waals surface area contributed by atoms with Crippen LogP contribution in [-0.2, 0) is 0 Å². The van der Waals surface area contributed by atoms with Crippen molar-refractivity contribution in [2.24, 2.45) is 0 Å². The van der Waals surface area contributed by atoms with Gasteiger partial charge in [0, 0.05) is 12.4 Å². The van der Waals surface area contributed by atoms with E-state index in [1.165, 1.54) is 5.56 Å². The molecule has 1 atom stereocenters. The fourth-order valence-electron chi connectivity index (χ4n) is 1.40. The van der Waals surface area contributed by atoms with Crippen LogP contribution in [0.2, 0.25) is 0 Å². The zero-order valence-electron chi connectivity index (χ0n) is 8.00. The lowest BCUT2D eigenvalue weighted by Gasteiger charge is -2.12. The Hall–Kier alpha value is -1.28. The first-order chi connectivity index (χ1) is 6.38. The van der Waals surface area contributed by atoms with E-state index in [4.69, 9.17) is 0 Å². The lowest BCUT2D eigenvalue weighted by molar-refractivity contribution is 0.638. The molecule has 0 bridgehead atoms. The summed E-state index contributed by atoms with van der Waals surface area (Å²) in [6.45, 7) is 2.16. The third kappa shape index (κ3) is 2.15. The molecule has 0 aliphatic rings. The molecule has 1 heterocycles. The predicted octanol–water partition coefficient (Wildman–Crippen LogP) is 2.91. The van der Waals surface area contributed by atoms with E-state index in [2.05, 4.69) is 40.7 Å². The molecule has 2 rings (SSSR count). The second-order valence-corrected chi connectivity index (χ2v) is 3.10. The predicted molar refractivity (Wildman–Crippen MR) is 59.7 cm³/mol. The number of benzene rings is 1. The van der Waals surface area contributed by atoms with Gasteiger partial charge in [0.1, 0.15) is 0 Å². The van der Waals surface area contributed by atoms with Gasteiger partial charge in [-0.05, 0) is 12.5 Å². The van der Waals surface area contributed by atoms with Gasteiger partial charge in [-0.2, -0.15) is 0 Å². The van der Waals surface area contributed by atoms with Crippen LogP contribution in [0.1, 0.15) is 18.5 Å². The summed E-state index contributed by atoms with van der Waals surface area (Å²) in [5, 5.41) is 0. The van der Waals surface area contributed by atoms with Crippen LogP contribution >= 0.6 is 12.4 Å². The second kappa shape index (κ2) is 4.82. The molecule has 0 spiro atoms. The van der Waals surface area contributed by atoms with Gasteiger partial charge in [-0.3, -0.25) is 0 Å². The molecule has 2 nitrogen and oxygen atoms in total. The lowest BCUT2D eigenvalue weighted by atomic mass is 10.1. The average molecular weight is 209 g/mol. The highest BCUT2D eigenvalue weighted by atomic mass is 35.5. The maximum Gasteiger partial charge on any atom is 0.0951 e. The van der Waals surface area contributed by atoms with Crippen molar-refractivity contribution in [3.05, 3.63) is 54.6 Å². The molecule has 2 aromatic rings. The Kier molecular flexibility index (Phi) is 3.72. The van der Waals surface area contributed by atoms with Crippen LogP contribution in [0.15, 0.2) is 49.1 Å². The van der Waals surface area contributed by atoms with Crippen molar-refractivity contribution in [3.63, 3.8) is 0 Å². The Balaban J connectivity index is 0.000000980. The van der Waals surface area contributed by atoms with Crippen LogP contribution in [0.25, 0.3) is 0 Å². The third-order valence-electron chi connectivity index (χ3n) is 2.25. The molecule has 1 unspecified atom stereocenters. The second-order valence-electron chi connectivity index (χ2n) is 3.10. The van der Waals surface area contributed by atoms with E-state index in [0.717, 1.165) is 0 Å². The van der Waals surface area contributed by atoms with Crippen LogP contribution in [0, 0.1) is 0 Å². The van der Waals surface area contributed by atoms with Crippen molar-refractivity contribution in [2.75, 3.05) is 0 Å². The highest BCUT2D eigenvalue weighted by molar-refractivity contribution is 5.85. The molecule has 1 aromatic heterocycles. The molecule has 0 saturated heterocycles. The van der Waals surface area contributed by atoms with Crippen molar-refractivity contribution in [3.8, 4) is 0 Å². The van der Waals surface area contributed by atoms with Crippen molar-refractivity contribution in [1.29, 1.82) is 0 Å². The van der Waals surface area contributed by atoms with Gasteiger partial charge in [-0.15, -0.1) is 12.4 Å². The minimum absolute atomic E-state index is 0. The van der Waals surface area contributed by atoms with Gasteiger partial charge in [-0.1, -0.05) is 30.3 Å². The Morgan fingerprint density at radius 3 is 2.50 bits per heavy atom. The number of imidazole rings is 1. The van der Waals surface area contributed by atoms with Crippen LogP contribution in [0.5, 0.6) is 0 Å². The highest BCUT2D eigenvalue weighted by Crippen LogP contribution is 2.15. The Morgan fingerprint density at radius 2 is 1.93 bits per heavy atom. The number of hydrogen-bond donors (Lipinski definition) is 0. The van der Waals surface area contributed by atoms with Crippen molar-refractivity contribution in [1.82, 2.24) is 9.55 Å². The van der Waals surface area contributed by atoms with E-state index in [9.17, 15) is 0 Å². The monoisotopic (exact) mass is 208 g/mol. The summed E-state index contributed by atoms with van der Waals surface area (Å²) in [4.78, 5) is 4.03. The van der Waals surface area contributed by atoms with E-state index >= 15 is 0 Å². The summed E-state index contributed by atoms with van der Waals surface area (Å²) in [6, 6.07) is 10.8. The smallest absolute Gasteiger partial charge is 0.0951 e. The maximum atomic E-state index is 4.03. The fourth-order valence-corrected chi connectivity index (χ4v) is 1.40. The van der Waals surface area contributed by atoms with Gasteiger partial charge >= 0.3 is 0 Å². The Bertz CT molecular complexity index is 356. The first-order valence-corrected chi connectivity index (χ1v) is 4.40. The number of rotatable bonds is 2. The Labute approximate surface area is 90.0 Å². The normalized spacial score (nSPS) is 11.8. The highest BCUT2D eigenvalue weighted by Gasteiger charge is 2.04. The topological polar surface area (TPSA) is 17.8 Å². The zero-order chi connectivity index (χ0) is 9.10. The van der Waals surface area contributed by atoms with Crippen LogP contribution < -0.4 is 0 Å². The minimum atomic E-state index is 0. The van der Waals surface area contributed by atoms with Gasteiger partial charge in [0.15, 0.2) is 0 Å². The minimum Gasteiger partial charge on any atom is -0.330 e. The molecule has 0 fully saturated rings. The van der Waals surface area contributed by atoms with Gasteiger partial charge in [0.05, 0.1) is 12.4 Å². The molecule has 3 heteroatoms. The summed E-state index contributed by atoms with van der Waals surface area (Å²) in [5.74, 6) is 0. The molecule has 0 N–H and O–H groups in total. The largest absolute Gasteiger partial charge is 0.330 e. The summed E-state index contributed by atoms with van der Waals surface area (Å²) in [5.41, 5.74) is 1.31. The molecule has 0 aliphatic carbocycles. The van der Waals surface area contributed by atoms with E-state index in [-0.39, 0.29) is 12.4 Å². The molecule has 0 radical (unpaired) electrons.